The Hall–Kier alpha value is -1.86. The average molecular weight is 299 g/mol. The van der Waals surface area contributed by atoms with Crippen LogP contribution in [0.2, 0.25) is 0 Å². The van der Waals surface area contributed by atoms with Gasteiger partial charge >= 0.3 is 0 Å². The van der Waals surface area contributed by atoms with E-state index in [4.69, 9.17) is 0 Å². The molecule has 0 bridgehead atoms. The van der Waals surface area contributed by atoms with Gasteiger partial charge in [0.1, 0.15) is 0 Å². The highest BCUT2D eigenvalue weighted by atomic mass is 31.2. The molecule has 0 aromatic heterocycles. The topological polar surface area (TPSA) is 43.1 Å². The number of nitrogens with zero attached hydrogens (tertiary/aromatic N) is 1. The molecule has 0 saturated carbocycles. The highest BCUT2D eigenvalue weighted by molar-refractivity contribution is 7.79. The quantitative estimate of drug-likeness (QED) is 0.496. The summed E-state index contributed by atoms with van der Waals surface area (Å²) in [7, 11) is -3.06. The van der Waals surface area contributed by atoms with Crippen LogP contribution in [0.25, 0.3) is 0 Å². The van der Waals surface area contributed by atoms with Gasteiger partial charge in [0.05, 0.1) is 0 Å². The summed E-state index contributed by atoms with van der Waals surface area (Å²) in [5, 5.41) is 13.0. The van der Waals surface area contributed by atoms with Crippen molar-refractivity contribution in [2.24, 2.45) is 0 Å². The first kappa shape index (κ1) is 14.1. The van der Waals surface area contributed by atoms with Gasteiger partial charge in [0.2, 0.25) is 12.4 Å². The van der Waals surface area contributed by atoms with E-state index in [-0.39, 0.29) is 0 Å². The summed E-state index contributed by atoms with van der Waals surface area (Å²) < 4.78 is 15.0. The maximum atomic E-state index is 14.1. The Morgan fingerprint density at radius 2 is 1.48 bits per heavy atom. The molecule has 21 heavy (non-hydrogen) atoms. The van der Waals surface area contributed by atoms with E-state index in [1.807, 2.05) is 67.6 Å². The van der Waals surface area contributed by atoms with Crippen molar-refractivity contribution in [1.82, 2.24) is 0 Å². The molecule has 108 valence electrons. The molecule has 2 aromatic rings. The summed E-state index contributed by atoms with van der Waals surface area (Å²) in [5.41, 5.74) is 0. The molecule has 0 radical (unpaired) electrons. The number of hydrogen-bond acceptors (Lipinski definition) is 2. The van der Waals surface area contributed by atoms with Crippen LogP contribution in [0.5, 0.6) is 0 Å². The van der Waals surface area contributed by atoms with Crippen molar-refractivity contribution in [2.75, 3.05) is 0 Å². The summed E-state index contributed by atoms with van der Waals surface area (Å²) in [6, 6.07) is 18.8. The molecule has 2 aromatic carbocycles. The molecule has 0 amide bonds. The minimum Gasteiger partial charge on any atom is -0.623 e. The second kappa shape index (κ2) is 5.16. The predicted molar refractivity (Wildman–Crippen MR) is 87.1 cm³/mol. The van der Waals surface area contributed by atoms with Crippen LogP contribution < -0.4 is 10.6 Å². The fourth-order valence-electron chi connectivity index (χ4n) is 3.04. The van der Waals surface area contributed by atoms with Gasteiger partial charge in [-0.2, -0.15) is 0 Å². The van der Waals surface area contributed by atoms with Crippen LogP contribution in [0.3, 0.4) is 0 Å². The molecule has 0 fully saturated rings. The summed E-state index contributed by atoms with van der Waals surface area (Å²) in [6.07, 6.45) is 2.89. The minimum atomic E-state index is -3.06. The van der Waals surface area contributed by atoms with E-state index in [2.05, 4.69) is 0 Å². The van der Waals surface area contributed by atoms with Crippen molar-refractivity contribution in [2.45, 2.75) is 25.0 Å². The highest BCUT2D eigenvalue weighted by Gasteiger charge is 2.55. The van der Waals surface area contributed by atoms with Crippen LogP contribution in [-0.4, -0.2) is 16.2 Å². The van der Waals surface area contributed by atoms with Crippen LogP contribution in [0, 0.1) is 5.21 Å². The SMILES string of the molecule is CC1(P(=O)(c2ccccc2)c2ccccc2)CCC=[N+]1[O-]. The fraction of sp³-hybridized carbons (Fsp3) is 0.235. The molecular formula is C17H18NO2P. The van der Waals surface area contributed by atoms with Gasteiger partial charge < -0.3 is 9.77 Å². The van der Waals surface area contributed by atoms with Gasteiger partial charge in [-0.1, -0.05) is 60.7 Å². The summed E-state index contributed by atoms with van der Waals surface area (Å²) in [4.78, 5) is 0. The second-order valence-electron chi connectivity index (χ2n) is 5.54. The molecule has 1 unspecified atom stereocenters. The summed E-state index contributed by atoms with van der Waals surface area (Å²) in [5.74, 6) is 0. The van der Waals surface area contributed by atoms with E-state index >= 15 is 0 Å². The Kier molecular flexibility index (Phi) is 3.46. The third kappa shape index (κ3) is 2.04. The lowest BCUT2D eigenvalue weighted by Gasteiger charge is -2.33. The smallest absolute Gasteiger partial charge is 0.228 e. The van der Waals surface area contributed by atoms with E-state index in [0.717, 1.165) is 15.3 Å². The molecule has 0 saturated heterocycles. The van der Waals surface area contributed by atoms with Gasteiger partial charge in [-0.15, -0.1) is 0 Å². The van der Waals surface area contributed by atoms with Gasteiger partial charge in [0.25, 0.3) is 0 Å². The van der Waals surface area contributed by atoms with E-state index in [0.29, 0.717) is 12.8 Å². The van der Waals surface area contributed by atoms with Crippen LogP contribution in [0.4, 0.5) is 0 Å². The molecule has 1 aliphatic heterocycles. The van der Waals surface area contributed by atoms with Crippen LogP contribution in [0.15, 0.2) is 60.7 Å². The molecule has 0 N–H and O–H groups in total. The summed E-state index contributed by atoms with van der Waals surface area (Å²) >= 11 is 0. The maximum absolute atomic E-state index is 14.1. The fourth-order valence-corrected chi connectivity index (χ4v) is 6.44. The van der Waals surface area contributed by atoms with Crippen LogP contribution in [0.1, 0.15) is 19.8 Å². The first-order valence-corrected chi connectivity index (χ1v) is 8.81. The molecule has 0 aliphatic carbocycles. The first-order chi connectivity index (χ1) is 10.1. The summed E-state index contributed by atoms with van der Waals surface area (Å²) in [6.45, 7) is 1.82. The number of rotatable bonds is 3. The van der Waals surface area contributed by atoms with E-state index in [1.54, 1.807) is 6.21 Å². The lowest BCUT2D eigenvalue weighted by molar-refractivity contribution is -0.502. The van der Waals surface area contributed by atoms with E-state index < -0.39 is 12.4 Å². The normalized spacial score (nSPS) is 22.0. The number of hydroxylamine groups is 1. The molecule has 3 rings (SSSR count). The van der Waals surface area contributed by atoms with E-state index in [9.17, 15) is 9.77 Å². The Labute approximate surface area is 124 Å². The largest absolute Gasteiger partial charge is 0.623 e. The lowest BCUT2D eigenvalue weighted by atomic mass is 10.2. The van der Waals surface area contributed by atoms with Crippen molar-refractivity contribution in [1.29, 1.82) is 0 Å². The van der Waals surface area contributed by atoms with Crippen molar-refractivity contribution in [3.05, 3.63) is 65.9 Å². The van der Waals surface area contributed by atoms with Crippen molar-refractivity contribution >= 4 is 24.0 Å². The van der Waals surface area contributed by atoms with E-state index in [1.165, 1.54) is 0 Å². The molecular weight excluding hydrogens is 281 g/mol. The van der Waals surface area contributed by atoms with Crippen molar-refractivity contribution in [3.63, 3.8) is 0 Å². The Balaban J connectivity index is 2.27. The molecule has 1 heterocycles. The average Bonchev–Trinajstić information content (AvgIpc) is 2.89. The zero-order valence-corrected chi connectivity index (χ0v) is 12.9. The van der Waals surface area contributed by atoms with Crippen LogP contribution >= 0.6 is 7.14 Å². The Morgan fingerprint density at radius 3 is 1.86 bits per heavy atom. The molecule has 1 aliphatic rings. The van der Waals surface area contributed by atoms with Gasteiger partial charge in [-0.05, 0) is 0 Å². The Bertz CT molecular complexity index is 669. The Morgan fingerprint density at radius 1 is 1.00 bits per heavy atom. The van der Waals surface area contributed by atoms with Crippen molar-refractivity contribution in [3.8, 4) is 0 Å². The zero-order chi connectivity index (χ0) is 14.9. The second-order valence-corrected chi connectivity index (χ2v) is 8.76. The zero-order valence-electron chi connectivity index (χ0n) is 12.0. The monoisotopic (exact) mass is 299 g/mol. The van der Waals surface area contributed by atoms with Crippen LogP contribution in [-0.2, 0) is 4.57 Å². The molecule has 0 spiro atoms. The van der Waals surface area contributed by atoms with Gasteiger partial charge in [-0.25, -0.2) is 4.74 Å². The van der Waals surface area contributed by atoms with Gasteiger partial charge in [0, 0.05) is 30.4 Å². The predicted octanol–water partition coefficient (Wildman–Crippen LogP) is 3.09. The highest BCUT2D eigenvalue weighted by Crippen LogP contribution is 2.59. The van der Waals surface area contributed by atoms with Gasteiger partial charge in [-0.3, -0.25) is 0 Å². The standard InChI is InChI=1S/C17H18NO2P/c1-17(13-8-14-18(17)19)21(20,15-9-4-2-5-10-15)16-11-6-3-7-12-16/h2-7,9-12,14H,8,13H2,1H3. The minimum absolute atomic E-state index is 0.609. The van der Waals surface area contributed by atoms with Crippen molar-refractivity contribution < 1.29 is 9.30 Å². The maximum Gasteiger partial charge on any atom is 0.228 e. The number of benzene rings is 2. The molecule has 3 nitrogen and oxygen atoms in total. The van der Waals surface area contributed by atoms with Gasteiger partial charge in [0.15, 0.2) is 6.21 Å². The third-order valence-corrected chi connectivity index (χ3v) is 8.13. The molecule has 1 atom stereocenters. The lowest BCUT2D eigenvalue weighted by Crippen LogP contribution is -2.40. The number of hydrogen-bond donors (Lipinski definition) is 0. The third-order valence-electron chi connectivity index (χ3n) is 4.31. The molecule has 4 heteroatoms. The first-order valence-electron chi connectivity index (χ1n) is 7.10.